The van der Waals surface area contributed by atoms with E-state index in [-0.39, 0.29) is 5.41 Å². The van der Waals surface area contributed by atoms with Crippen LogP contribution in [-0.4, -0.2) is 0 Å². The van der Waals surface area contributed by atoms with Gasteiger partial charge in [0.05, 0.1) is 11.5 Å². The molecule has 0 aromatic rings. The van der Waals surface area contributed by atoms with Gasteiger partial charge in [0.2, 0.25) is 0 Å². The Morgan fingerprint density at radius 2 is 2.05 bits per heavy atom. The lowest BCUT2D eigenvalue weighted by molar-refractivity contribution is 0.129. The van der Waals surface area contributed by atoms with Crippen molar-refractivity contribution in [1.82, 2.24) is 0 Å². The van der Waals surface area contributed by atoms with Crippen LogP contribution >= 0.6 is 0 Å². The molecule has 0 radical (unpaired) electrons. The summed E-state index contributed by atoms with van der Waals surface area (Å²) in [6.07, 6.45) is 15.5. The van der Waals surface area contributed by atoms with Crippen LogP contribution < -0.4 is 0 Å². The number of nitrogens with zero attached hydrogens (tertiary/aromatic N) is 1. The molecule has 1 aliphatic rings. The highest BCUT2D eigenvalue weighted by Gasteiger charge is 2.44. The molecule has 2 unspecified atom stereocenters. The van der Waals surface area contributed by atoms with E-state index in [1.54, 1.807) is 0 Å². The van der Waals surface area contributed by atoms with E-state index in [2.05, 4.69) is 32.6 Å². The Balaban J connectivity index is 2.99. The number of nitriles is 1. The van der Waals surface area contributed by atoms with E-state index in [0.717, 1.165) is 12.8 Å². The molecule has 0 aromatic heterocycles. The zero-order chi connectivity index (χ0) is 14.1. The first kappa shape index (κ1) is 16.0. The fourth-order valence-corrected chi connectivity index (χ4v) is 3.87. The second-order valence-corrected chi connectivity index (χ2v) is 5.90. The molecule has 0 aromatic carbocycles. The standard InChI is InChI=1S/C18H29N/c1-4-7-10-14-18(15-19,16(6-3)11-5-2)17-12-8-9-13-17/h4,7,10,16-17H,1,5-6,8-9,11-14H2,2-3H3/b10-7-. The van der Waals surface area contributed by atoms with Crippen molar-refractivity contribution in [2.45, 2.75) is 65.2 Å². The summed E-state index contributed by atoms with van der Waals surface area (Å²) in [5, 5.41) is 9.95. The molecule has 106 valence electrons. The van der Waals surface area contributed by atoms with Gasteiger partial charge in [0.25, 0.3) is 0 Å². The molecule has 1 fully saturated rings. The summed E-state index contributed by atoms with van der Waals surface area (Å²) in [4.78, 5) is 0. The van der Waals surface area contributed by atoms with Gasteiger partial charge in [-0.3, -0.25) is 0 Å². The highest BCUT2D eigenvalue weighted by molar-refractivity contribution is 5.12. The zero-order valence-electron chi connectivity index (χ0n) is 12.7. The third-order valence-corrected chi connectivity index (χ3v) is 4.88. The summed E-state index contributed by atoms with van der Waals surface area (Å²) < 4.78 is 0. The van der Waals surface area contributed by atoms with Crippen LogP contribution in [0.15, 0.2) is 24.8 Å². The molecule has 1 heteroatoms. The molecular formula is C18H29N. The topological polar surface area (TPSA) is 23.8 Å². The number of hydrogen-bond donors (Lipinski definition) is 0. The molecule has 19 heavy (non-hydrogen) atoms. The van der Waals surface area contributed by atoms with Crippen LogP contribution in [-0.2, 0) is 0 Å². The van der Waals surface area contributed by atoms with Gasteiger partial charge in [-0.05, 0) is 37.5 Å². The normalized spacial score (nSPS) is 21.1. The Kier molecular flexibility index (Phi) is 6.92. The molecule has 0 spiro atoms. The van der Waals surface area contributed by atoms with Gasteiger partial charge < -0.3 is 0 Å². The second-order valence-electron chi connectivity index (χ2n) is 5.90. The lowest BCUT2D eigenvalue weighted by Crippen LogP contribution is -2.35. The summed E-state index contributed by atoms with van der Waals surface area (Å²) in [6.45, 7) is 8.22. The third kappa shape index (κ3) is 3.72. The average molecular weight is 259 g/mol. The van der Waals surface area contributed by atoms with Crippen molar-refractivity contribution in [3.05, 3.63) is 24.8 Å². The maximum absolute atomic E-state index is 9.95. The summed E-state index contributed by atoms with van der Waals surface area (Å²) in [6, 6.07) is 2.77. The maximum atomic E-state index is 9.95. The molecule has 1 nitrogen and oxygen atoms in total. The van der Waals surface area contributed by atoms with Crippen LogP contribution in [0.1, 0.15) is 65.2 Å². The summed E-state index contributed by atoms with van der Waals surface area (Å²) in [5.74, 6) is 1.14. The zero-order valence-corrected chi connectivity index (χ0v) is 12.7. The average Bonchev–Trinajstić information content (AvgIpc) is 2.96. The lowest BCUT2D eigenvalue weighted by atomic mass is 9.62. The molecule has 0 amide bonds. The Labute approximate surface area is 119 Å². The SMILES string of the molecule is C=C/C=C\CC(C#N)(C(CC)CCC)C1CCCC1. The molecule has 0 bridgehead atoms. The Hall–Kier alpha value is -1.03. The first-order valence-electron chi connectivity index (χ1n) is 7.93. The largest absolute Gasteiger partial charge is 0.198 e. The summed E-state index contributed by atoms with van der Waals surface area (Å²) in [5.41, 5.74) is -0.138. The van der Waals surface area contributed by atoms with Crippen molar-refractivity contribution in [2.75, 3.05) is 0 Å². The van der Waals surface area contributed by atoms with E-state index >= 15 is 0 Å². The Morgan fingerprint density at radius 3 is 2.53 bits per heavy atom. The molecule has 1 rings (SSSR count). The highest BCUT2D eigenvalue weighted by atomic mass is 14.5. The van der Waals surface area contributed by atoms with E-state index in [1.165, 1.54) is 38.5 Å². The first-order valence-corrected chi connectivity index (χ1v) is 7.93. The van der Waals surface area contributed by atoms with Crippen LogP contribution in [0.3, 0.4) is 0 Å². The van der Waals surface area contributed by atoms with E-state index < -0.39 is 0 Å². The van der Waals surface area contributed by atoms with Gasteiger partial charge in [-0.2, -0.15) is 5.26 Å². The minimum Gasteiger partial charge on any atom is -0.198 e. The molecular weight excluding hydrogens is 230 g/mol. The van der Waals surface area contributed by atoms with Crippen molar-refractivity contribution >= 4 is 0 Å². The number of hydrogen-bond acceptors (Lipinski definition) is 1. The second kappa shape index (κ2) is 8.20. The van der Waals surface area contributed by atoms with Crippen molar-refractivity contribution in [2.24, 2.45) is 17.3 Å². The first-order chi connectivity index (χ1) is 9.25. The van der Waals surface area contributed by atoms with Crippen molar-refractivity contribution in [3.8, 4) is 6.07 Å². The number of allylic oxidation sites excluding steroid dienone is 3. The molecule has 0 N–H and O–H groups in total. The minimum atomic E-state index is -0.138. The molecule has 2 atom stereocenters. The van der Waals surface area contributed by atoms with Gasteiger partial charge in [-0.25, -0.2) is 0 Å². The Bertz CT molecular complexity index is 330. The van der Waals surface area contributed by atoms with Gasteiger partial charge >= 0.3 is 0 Å². The van der Waals surface area contributed by atoms with Gasteiger partial charge in [0.15, 0.2) is 0 Å². The van der Waals surface area contributed by atoms with E-state index in [1.807, 2.05) is 12.2 Å². The van der Waals surface area contributed by atoms with Crippen LogP contribution in [0, 0.1) is 28.6 Å². The van der Waals surface area contributed by atoms with Gasteiger partial charge in [0, 0.05) is 0 Å². The predicted molar refractivity (Wildman–Crippen MR) is 82.6 cm³/mol. The smallest absolute Gasteiger partial charge is 0.0698 e. The Morgan fingerprint density at radius 1 is 1.37 bits per heavy atom. The highest BCUT2D eigenvalue weighted by Crippen LogP contribution is 2.49. The quantitative estimate of drug-likeness (QED) is 0.517. The van der Waals surface area contributed by atoms with E-state index in [9.17, 15) is 5.26 Å². The molecule has 0 aliphatic heterocycles. The van der Waals surface area contributed by atoms with Crippen molar-refractivity contribution in [1.29, 1.82) is 5.26 Å². The van der Waals surface area contributed by atoms with Crippen LogP contribution in [0.2, 0.25) is 0 Å². The van der Waals surface area contributed by atoms with E-state index in [4.69, 9.17) is 0 Å². The van der Waals surface area contributed by atoms with Crippen molar-refractivity contribution in [3.63, 3.8) is 0 Å². The monoisotopic (exact) mass is 259 g/mol. The molecule has 0 heterocycles. The van der Waals surface area contributed by atoms with Crippen LogP contribution in [0.4, 0.5) is 0 Å². The van der Waals surface area contributed by atoms with Crippen LogP contribution in [0.25, 0.3) is 0 Å². The fourth-order valence-electron chi connectivity index (χ4n) is 3.87. The summed E-state index contributed by atoms with van der Waals surface area (Å²) in [7, 11) is 0. The molecule has 1 aliphatic carbocycles. The van der Waals surface area contributed by atoms with Crippen LogP contribution in [0.5, 0.6) is 0 Å². The fraction of sp³-hybridized carbons (Fsp3) is 0.722. The van der Waals surface area contributed by atoms with Gasteiger partial charge in [0.1, 0.15) is 0 Å². The third-order valence-electron chi connectivity index (χ3n) is 4.88. The van der Waals surface area contributed by atoms with E-state index in [0.29, 0.717) is 11.8 Å². The van der Waals surface area contributed by atoms with Gasteiger partial charge in [-0.1, -0.05) is 64.3 Å². The lowest BCUT2D eigenvalue weighted by Gasteiger charge is -2.39. The summed E-state index contributed by atoms with van der Waals surface area (Å²) >= 11 is 0. The molecule has 0 saturated heterocycles. The molecule has 1 saturated carbocycles. The maximum Gasteiger partial charge on any atom is 0.0698 e. The van der Waals surface area contributed by atoms with Gasteiger partial charge in [-0.15, -0.1) is 0 Å². The van der Waals surface area contributed by atoms with Crippen molar-refractivity contribution < 1.29 is 0 Å². The predicted octanol–water partition coefficient (Wildman–Crippen LogP) is 5.65. The number of rotatable bonds is 8. The minimum absolute atomic E-state index is 0.138.